The zero-order valence-electron chi connectivity index (χ0n) is 13.1. The van der Waals surface area contributed by atoms with Crippen molar-refractivity contribution in [3.8, 4) is 0 Å². The van der Waals surface area contributed by atoms with Gasteiger partial charge >= 0.3 is 0 Å². The van der Waals surface area contributed by atoms with E-state index in [0.717, 1.165) is 0 Å². The topological polar surface area (TPSA) is 19.0 Å². The first-order chi connectivity index (χ1) is 10.9. The van der Waals surface area contributed by atoms with Gasteiger partial charge in [0.25, 0.3) is 0 Å². The van der Waals surface area contributed by atoms with E-state index in [4.69, 9.17) is 0 Å². The van der Waals surface area contributed by atoms with Crippen LogP contribution in [0.2, 0.25) is 0 Å². The van der Waals surface area contributed by atoms with Crippen LogP contribution in [-0.2, 0) is 6.42 Å². The fourth-order valence-corrected chi connectivity index (χ4v) is 4.53. The smallest absolute Gasteiger partial charge is 0.0457 e. The molecule has 4 rings (SSSR count). The molecule has 0 amide bonds. The Kier molecular flexibility index (Phi) is 4.26. The number of rotatable bonds is 4. The minimum Gasteiger partial charge on any atom is -0.361 e. The molecule has 1 unspecified atom stereocenters. The monoisotopic (exact) mass is 312 g/mol. The highest BCUT2D eigenvalue weighted by Crippen LogP contribution is 2.31. The van der Waals surface area contributed by atoms with Crippen molar-refractivity contribution in [3.05, 3.63) is 47.0 Å². The lowest BCUT2D eigenvalue weighted by atomic mass is 9.94. The maximum absolute atomic E-state index is 3.45. The molecule has 0 radical (unpaired) electrons. The van der Waals surface area contributed by atoms with E-state index in [1.54, 1.807) is 0 Å². The Balaban J connectivity index is 1.56. The number of hydrogen-bond acceptors (Lipinski definition) is 2. The summed E-state index contributed by atoms with van der Waals surface area (Å²) in [6.45, 7) is 3.79. The molecule has 1 atom stereocenters. The molecule has 1 saturated heterocycles. The van der Waals surface area contributed by atoms with E-state index >= 15 is 0 Å². The summed E-state index contributed by atoms with van der Waals surface area (Å²) in [7, 11) is 0. The van der Waals surface area contributed by atoms with Gasteiger partial charge in [0.1, 0.15) is 0 Å². The fraction of sp³-hybridized carbons (Fsp3) is 0.474. The second-order valence-electron chi connectivity index (χ2n) is 6.51. The SMILES string of the molecule is C1=CC(c2ccc3[nH]cc(CCN4CCCC4)c3c2)CCS1. The molecule has 1 N–H and O–H groups in total. The van der Waals surface area contributed by atoms with Gasteiger partial charge in [0.2, 0.25) is 0 Å². The molecule has 0 spiro atoms. The first-order valence-electron chi connectivity index (χ1n) is 8.51. The molecule has 1 fully saturated rings. The van der Waals surface area contributed by atoms with Crippen molar-refractivity contribution in [3.63, 3.8) is 0 Å². The Morgan fingerprint density at radius 2 is 2.14 bits per heavy atom. The van der Waals surface area contributed by atoms with Crippen LogP contribution in [0, 0.1) is 0 Å². The Labute approximate surface area is 137 Å². The van der Waals surface area contributed by atoms with Crippen LogP contribution in [0.5, 0.6) is 0 Å². The van der Waals surface area contributed by atoms with Crippen molar-refractivity contribution >= 4 is 22.7 Å². The van der Waals surface area contributed by atoms with Gasteiger partial charge in [-0.05, 0) is 73.2 Å². The molecule has 0 bridgehead atoms. The Hall–Kier alpha value is -1.19. The number of fused-ring (bicyclic) bond motifs is 1. The molecule has 3 heteroatoms. The summed E-state index contributed by atoms with van der Waals surface area (Å²) < 4.78 is 0. The molecule has 2 aromatic rings. The molecule has 116 valence electrons. The number of nitrogens with one attached hydrogen (secondary N) is 1. The van der Waals surface area contributed by atoms with Crippen LogP contribution >= 0.6 is 11.8 Å². The zero-order valence-corrected chi connectivity index (χ0v) is 13.9. The van der Waals surface area contributed by atoms with E-state index < -0.39 is 0 Å². The molecule has 2 aliphatic rings. The van der Waals surface area contributed by atoms with Gasteiger partial charge in [0.15, 0.2) is 0 Å². The zero-order chi connectivity index (χ0) is 14.8. The van der Waals surface area contributed by atoms with Crippen LogP contribution in [0.25, 0.3) is 10.9 Å². The standard InChI is InChI=1S/C19H24N2S/c1-2-9-21(8-1)10-5-17-14-20-19-4-3-16(13-18(17)19)15-6-11-22-12-7-15/h3-4,6,11,13-15,20H,1-2,5,7-10,12H2. The van der Waals surface area contributed by atoms with Gasteiger partial charge in [-0.1, -0.05) is 12.1 Å². The number of hydrogen-bond donors (Lipinski definition) is 1. The van der Waals surface area contributed by atoms with Crippen molar-refractivity contribution in [1.82, 2.24) is 9.88 Å². The van der Waals surface area contributed by atoms with Crippen molar-refractivity contribution in [2.24, 2.45) is 0 Å². The molecule has 22 heavy (non-hydrogen) atoms. The summed E-state index contributed by atoms with van der Waals surface area (Å²) >= 11 is 1.93. The van der Waals surface area contributed by atoms with Gasteiger partial charge in [-0.2, -0.15) is 0 Å². The van der Waals surface area contributed by atoms with Gasteiger partial charge < -0.3 is 9.88 Å². The predicted octanol–water partition coefficient (Wildman–Crippen LogP) is 4.54. The number of nitrogens with zero attached hydrogens (tertiary/aromatic N) is 1. The van der Waals surface area contributed by atoms with Gasteiger partial charge in [0.05, 0.1) is 0 Å². The molecular weight excluding hydrogens is 288 g/mol. The highest BCUT2D eigenvalue weighted by molar-refractivity contribution is 8.02. The number of H-pyrrole nitrogens is 1. The highest BCUT2D eigenvalue weighted by Gasteiger charge is 2.15. The summed E-state index contributed by atoms with van der Waals surface area (Å²) in [5, 5.41) is 3.70. The third-order valence-corrected chi connectivity index (χ3v) is 5.89. The Morgan fingerprint density at radius 3 is 2.95 bits per heavy atom. The van der Waals surface area contributed by atoms with Crippen molar-refractivity contribution < 1.29 is 0 Å². The average molecular weight is 312 g/mol. The lowest BCUT2D eigenvalue weighted by Crippen LogP contribution is -2.21. The van der Waals surface area contributed by atoms with E-state index in [2.05, 4.69) is 45.8 Å². The van der Waals surface area contributed by atoms with Crippen molar-refractivity contribution in [1.29, 1.82) is 0 Å². The van der Waals surface area contributed by atoms with Gasteiger partial charge in [0, 0.05) is 29.6 Å². The summed E-state index contributed by atoms with van der Waals surface area (Å²) in [6.07, 6.45) is 9.77. The molecule has 1 aromatic heterocycles. The predicted molar refractivity (Wildman–Crippen MR) is 96.6 cm³/mol. The van der Waals surface area contributed by atoms with E-state index in [-0.39, 0.29) is 0 Å². The van der Waals surface area contributed by atoms with Gasteiger partial charge in [-0.25, -0.2) is 0 Å². The first-order valence-corrected chi connectivity index (χ1v) is 9.55. The summed E-state index contributed by atoms with van der Waals surface area (Å²) in [4.78, 5) is 6.05. The fourth-order valence-electron chi connectivity index (χ4n) is 3.71. The number of benzene rings is 1. The number of aromatic nitrogens is 1. The summed E-state index contributed by atoms with van der Waals surface area (Å²) in [5.41, 5.74) is 4.25. The van der Waals surface area contributed by atoms with Crippen LogP contribution in [0.3, 0.4) is 0 Å². The molecule has 0 aliphatic carbocycles. The van der Waals surface area contributed by atoms with E-state index in [1.807, 2.05) is 11.8 Å². The molecule has 3 heterocycles. The third-order valence-electron chi connectivity index (χ3n) is 5.07. The molecule has 0 saturated carbocycles. The maximum atomic E-state index is 3.45. The van der Waals surface area contributed by atoms with Crippen molar-refractivity contribution in [2.45, 2.75) is 31.6 Å². The van der Waals surface area contributed by atoms with Crippen LogP contribution in [0.4, 0.5) is 0 Å². The van der Waals surface area contributed by atoms with Crippen LogP contribution in [-0.4, -0.2) is 35.3 Å². The molecular formula is C19H24N2S. The summed E-state index contributed by atoms with van der Waals surface area (Å²) in [5.74, 6) is 1.85. The minimum atomic E-state index is 0.604. The quantitative estimate of drug-likeness (QED) is 0.894. The summed E-state index contributed by atoms with van der Waals surface area (Å²) in [6, 6.07) is 6.99. The number of thioether (sulfide) groups is 1. The average Bonchev–Trinajstić information content (AvgIpc) is 3.23. The maximum Gasteiger partial charge on any atom is 0.0457 e. The lowest BCUT2D eigenvalue weighted by molar-refractivity contribution is 0.344. The number of allylic oxidation sites excluding steroid dienone is 1. The number of aromatic amines is 1. The third kappa shape index (κ3) is 2.97. The molecule has 2 aliphatic heterocycles. The lowest BCUT2D eigenvalue weighted by Gasteiger charge is -2.17. The van der Waals surface area contributed by atoms with E-state index in [0.29, 0.717) is 5.92 Å². The number of likely N-dealkylation sites (tertiary alicyclic amines) is 1. The van der Waals surface area contributed by atoms with Crippen LogP contribution in [0.1, 0.15) is 36.3 Å². The van der Waals surface area contributed by atoms with Crippen molar-refractivity contribution in [2.75, 3.05) is 25.4 Å². The van der Waals surface area contributed by atoms with Gasteiger partial charge in [-0.15, -0.1) is 11.8 Å². The van der Waals surface area contributed by atoms with Crippen LogP contribution < -0.4 is 0 Å². The molecule has 2 nitrogen and oxygen atoms in total. The molecule has 1 aromatic carbocycles. The first kappa shape index (κ1) is 14.4. The van der Waals surface area contributed by atoms with E-state index in [9.17, 15) is 0 Å². The Bertz CT molecular complexity index is 667. The van der Waals surface area contributed by atoms with E-state index in [1.165, 1.54) is 73.1 Å². The highest BCUT2D eigenvalue weighted by atomic mass is 32.2. The minimum absolute atomic E-state index is 0.604. The Morgan fingerprint density at radius 1 is 1.23 bits per heavy atom. The second-order valence-corrected chi connectivity index (χ2v) is 7.53. The second kappa shape index (κ2) is 6.51. The van der Waals surface area contributed by atoms with Crippen LogP contribution in [0.15, 0.2) is 35.9 Å². The normalized spacial score (nSPS) is 22.6. The van der Waals surface area contributed by atoms with Gasteiger partial charge in [-0.3, -0.25) is 0 Å². The largest absolute Gasteiger partial charge is 0.361 e.